The number of nitrogens with zero attached hydrogens (tertiary/aromatic N) is 1. The van der Waals surface area contributed by atoms with Crippen LogP contribution in [0.1, 0.15) is 25.3 Å². The second-order valence-corrected chi connectivity index (χ2v) is 7.10. The Morgan fingerprint density at radius 3 is 2.67 bits per heavy atom. The summed E-state index contributed by atoms with van der Waals surface area (Å²) in [4.78, 5) is 14.1. The van der Waals surface area contributed by atoms with Gasteiger partial charge in [0.2, 0.25) is 5.91 Å². The average Bonchev–Trinajstić information content (AvgIpc) is 2.52. The maximum Gasteiger partial charge on any atom is 0.230 e. The lowest BCUT2D eigenvalue weighted by molar-refractivity contribution is -0.118. The number of benzene rings is 1. The van der Waals surface area contributed by atoms with Crippen LogP contribution in [-0.2, 0) is 11.3 Å². The van der Waals surface area contributed by atoms with Crippen LogP contribution in [0.25, 0.3) is 0 Å². The lowest BCUT2D eigenvalue weighted by Gasteiger charge is -2.31. The van der Waals surface area contributed by atoms with Crippen molar-refractivity contribution < 1.29 is 4.79 Å². The van der Waals surface area contributed by atoms with Gasteiger partial charge in [-0.2, -0.15) is 0 Å². The van der Waals surface area contributed by atoms with E-state index < -0.39 is 0 Å². The van der Waals surface area contributed by atoms with E-state index in [2.05, 4.69) is 17.1 Å². The van der Waals surface area contributed by atoms with Gasteiger partial charge in [-0.1, -0.05) is 61.2 Å². The molecule has 1 heterocycles. The molecule has 1 aliphatic rings. The zero-order chi connectivity index (χ0) is 15.1. The van der Waals surface area contributed by atoms with E-state index in [4.69, 9.17) is 12.2 Å². The van der Waals surface area contributed by atoms with E-state index in [9.17, 15) is 4.79 Å². The third kappa shape index (κ3) is 5.67. The molecule has 2 rings (SSSR count). The van der Waals surface area contributed by atoms with Gasteiger partial charge in [0.25, 0.3) is 0 Å². The van der Waals surface area contributed by atoms with Gasteiger partial charge in [-0.3, -0.25) is 4.79 Å². The van der Waals surface area contributed by atoms with Gasteiger partial charge in [0.05, 0.1) is 5.75 Å². The maximum absolute atomic E-state index is 11.8. The van der Waals surface area contributed by atoms with E-state index in [0.29, 0.717) is 12.3 Å². The van der Waals surface area contributed by atoms with Crippen LogP contribution in [0.4, 0.5) is 0 Å². The van der Waals surface area contributed by atoms with Crippen LogP contribution in [-0.4, -0.2) is 34.0 Å². The van der Waals surface area contributed by atoms with Crippen molar-refractivity contribution in [3.8, 4) is 0 Å². The molecule has 1 aromatic carbocycles. The molecule has 1 aromatic rings. The second kappa shape index (κ2) is 8.39. The highest BCUT2D eigenvalue weighted by Gasteiger charge is 2.18. The number of piperidine rings is 1. The van der Waals surface area contributed by atoms with Crippen molar-refractivity contribution in [1.82, 2.24) is 10.2 Å². The topological polar surface area (TPSA) is 32.3 Å². The summed E-state index contributed by atoms with van der Waals surface area (Å²) in [6.07, 6.45) is 2.39. The minimum atomic E-state index is 0.0385. The van der Waals surface area contributed by atoms with Gasteiger partial charge in [-0.25, -0.2) is 0 Å². The fourth-order valence-electron chi connectivity index (χ4n) is 2.26. The maximum atomic E-state index is 11.8. The smallest absolute Gasteiger partial charge is 0.230 e. The Morgan fingerprint density at radius 1 is 1.33 bits per heavy atom. The zero-order valence-corrected chi connectivity index (χ0v) is 14.0. The van der Waals surface area contributed by atoms with E-state index in [-0.39, 0.29) is 5.91 Å². The number of carbonyl (C=O) groups is 1. The fraction of sp³-hybridized carbons (Fsp3) is 0.500. The lowest BCUT2D eigenvalue weighted by atomic mass is 10.00. The van der Waals surface area contributed by atoms with E-state index in [0.717, 1.165) is 28.9 Å². The highest BCUT2D eigenvalue weighted by Crippen LogP contribution is 2.20. The molecule has 0 unspecified atom stereocenters. The molecule has 0 saturated carbocycles. The van der Waals surface area contributed by atoms with E-state index in [1.807, 2.05) is 30.3 Å². The van der Waals surface area contributed by atoms with E-state index >= 15 is 0 Å². The third-order valence-electron chi connectivity index (χ3n) is 3.70. The molecule has 1 amide bonds. The molecule has 3 nitrogen and oxygen atoms in total. The molecule has 0 atom stereocenters. The molecular weight excluding hydrogens is 300 g/mol. The number of nitrogens with one attached hydrogen (secondary N) is 1. The van der Waals surface area contributed by atoms with Crippen LogP contribution < -0.4 is 5.32 Å². The fourth-order valence-corrected chi connectivity index (χ4v) is 3.34. The number of carbonyl (C=O) groups excluding carboxylic acids is 1. The number of thiocarbonyl (C=S) groups is 1. The van der Waals surface area contributed by atoms with Crippen molar-refractivity contribution in [2.24, 2.45) is 5.92 Å². The Balaban J connectivity index is 1.65. The minimum absolute atomic E-state index is 0.0385. The molecule has 114 valence electrons. The Hall–Kier alpha value is -1.07. The predicted octanol–water partition coefficient (Wildman–Crippen LogP) is 3.05. The largest absolute Gasteiger partial charge is 0.357 e. The van der Waals surface area contributed by atoms with Gasteiger partial charge in [0.15, 0.2) is 0 Å². The molecule has 1 saturated heterocycles. The van der Waals surface area contributed by atoms with Crippen LogP contribution in [0.3, 0.4) is 0 Å². The van der Waals surface area contributed by atoms with E-state index in [1.54, 1.807) is 0 Å². The molecular formula is C16H22N2OS2. The number of amides is 1. The molecule has 0 spiro atoms. The normalized spacial score (nSPS) is 15.8. The Bertz CT molecular complexity index is 470. The van der Waals surface area contributed by atoms with Crippen molar-refractivity contribution in [3.05, 3.63) is 35.9 Å². The van der Waals surface area contributed by atoms with Crippen LogP contribution in [0.5, 0.6) is 0 Å². The summed E-state index contributed by atoms with van der Waals surface area (Å²) >= 11 is 6.89. The first-order valence-corrected chi connectivity index (χ1v) is 8.77. The van der Waals surface area contributed by atoms with Crippen LogP contribution in [0.2, 0.25) is 0 Å². The van der Waals surface area contributed by atoms with Crippen LogP contribution in [0.15, 0.2) is 30.3 Å². The summed E-state index contributed by atoms with van der Waals surface area (Å²) in [5.74, 6) is 1.23. The molecule has 1 aliphatic heterocycles. The van der Waals surface area contributed by atoms with Gasteiger partial charge in [-0.15, -0.1) is 0 Å². The number of thioether (sulfide) groups is 1. The standard InChI is InChI=1S/C16H22N2OS2/c1-13-7-9-18(10-8-13)16(20)21-12-15(19)17-11-14-5-3-2-4-6-14/h2-6,13H,7-12H2,1H3,(H,17,19). The summed E-state index contributed by atoms with van der Waals surface area (Å²) in [7, 11) is 0. The number of likely N-dealkylation sites (tertiary alicyclic amines) is 1. The Morgan fingerprint density at radius 2 is 2.00 bits per heavy atom. The number of hydrogen-bond acceptors (Lipinski definition) is 3. The molecule has 1 N–H and O–H groups in total. The Kier molecular flexibility index (Phi) is 6.51. The molecule has 5 heteroatoms. The van der Waals surface area contributed by atoms with Crippen molar-refractivity contribution in [1.29, 1.82) is 0 Å². The van der Waals surface area contributed by atoms with Crippen molar-refractivity contribution in [3.63, 3.8) is 0 Å². The van der Waals surface area contributed by atoms with Crippen molar-refractivity contribution >= 4 is 34.2 Å². The monoisotopic (exact) mass is 322 g/mol. The first-order chi connectivity index (χ1) is 10.1. The predicted molar refractivity (Wildman–Crippen MR) is 93.3 cm³/mol. The van der Waals surface area contributed by atoms with E-state index in [1.165, 1.54) is 24.6 Å². The molecule has 0 bridgehead atoms. The number of rotatable bonds is 4. The molecule has 0 aliphatic carbocycles. The highest BCUT2D eigenvalue weighted by molar-refractivity contribution is 8.23. The lowest BCUT2D eigenvalue weighted by Crippen LogP contribution is -2.36. The van der Waals surface area contributed by atoms with Gasteiger partial charge >= 0.3 is 0 Å². The molecule has 0 radical (unpaired) electrons. The molecule has 1 fully saturated rings. The summed E-state index contributed by atoms with van der Waals surface area (Å²) in [6, 6.07) is 9.93. The third-order valence-corrected chi connectivity index (χ3v) is 5.22. The van der Waals surface area contributed by atoms with Crippen LogP contribution in [0, 0.1) is 5.92 Å². The highest BCUT2D eigenvalue weighted by atomic mass is 32.2. The quantitative estimate of drug-likeness (QED) is 0.864. The number of hydrogen-bond donors (Lipinski definition) is 1. The average molecular weight is 322 g/mol. The minimum Gasteiger partial charge on any atom is -0.357 e. The van der Waals surface area contributed by atoms with Crippen molar-refractivity contribution in [2.75, 3.05) is 18.8 Å². The summed E-state index contributed by atoms with van der Waals surface area (Å²) in [5, 5.41) is 2.93. The SMILES string of the molecule is CC1CCN(C(=S)SCC(=O)NCc2ccccc2)CC1. The molecule has 21 heavy (non-hydrogen) atoms. The zero-order valence-electron chi connectivity index (χ0n) is 12.4. The van der Waals surface area contributed by atoms with Gasteiger partial charge in [-0.05, 0) is 24.3 Å². The molecule has 0 aromatic heterocycles. The first kappa shape index (κ1) is 16.3. The summed E-state index contributed by atoms with van der Waals surface area (Å²) in [6.45, 7) is 4.91. The second-order valence-electron chi connectivity index (χ2n) is 5.49. The van der Waals surface area contributed by atoms with Crippen molar-refractivity contribution in [2.45, 2.75) is 26.3 Å². The first-order valence-electron chi connectivity index (χ1n) is 7.37. The van der Waals surface area contributed by atoms with Crippen LogP contribution >= 0.6 is 24.0 Å². The van der Waals surface area contributed by atoms with Gasteiger partial charge in [0, 0.05) is 19.6 Å². The van der Waals surface area contributed by atoms with Gasteiger partial charge in [0.1, 0.15) is 4.32 Å². The summed E-state index contributed by atoms with van der Waals surface area (Å²) in [5.41, 5.74) is 1.11. The Labute approximate surface area is 136 Å². The summed E-state index contributed by atoms with van der Waals surface area (Å²) < 4.78 is 0.858. The van der Waals surface area contributed by atoms with Gasteiger partial charge < -0.3 is 10.2 Å².